The van der Waals surface area contributed by atoms with Gasteiger partial charge in [0, 0.05) is 0 Å². The molecule has 2 heteroatoms. The zero-order valence-electron chi connectivity index (χ0n) is 10.6. The molecule has 1 aliphatic rings. The normalized spacial score (nSPS) is 26.8. The molecule has 3 unspecified atom stereocenters. The topological polar surface area (TPSA) is 20.2 Å². The highest BCUT2D eigenvalue weighted by Gasteiger charge is 2.26. The molecule has 3 atom stereocenters. The smallest absolute Gasteiger partial charge is 0.126 e. The van der Waals surface area contributed by atoms with Gasteiger partial charge < -0.3 is 5.11 Å². The van der Waals surface area contributed by atoms with Gasteiger partial charge in [-0.2, -0.15) is 0 Å². The highest BCUT2D eigenvalue weighted by atomic mass is 19.1. The Morgan fingerprint density at radius 3 is 2.76 bits per heavy atom. The Labute approximate surface area is 103 Å². The number of hydrogen-bond donors (Lipinski definition) is 1. The van der Waals surface area contributed by atoms with E-state index in [1.807, 2.05) is 0 Å². The van der Waals surface area contributed by atoms with Gasteiger partial charge in [-0.25, -0.2) is 4.39 Å². The van der Waals surface area contributed by atoms with Crippen LogP contribution in [-0.2, 0) is 0 Å². The van der Waals surface area contributed by atoms with Crippen LogP contribution < -0.4 is 0 Å². The Balaban J connectivity index is 2.12. The third-order valence-corrected chi connectivity index (χ3v) is 3.95. The van der Waals surface area contributed by atoms with Gasteiger partial charge >= 0.3 is 0 Å². The Hall–Kier alpha value is -0.890. The van der Waals surface area contributed by atoms with Gasteiger partial charge in [-0.1, -0.05) is 31.9 Å². The van der Waals surface area contributed by atoms with E-state index in [9.17, 15) is 9.50 Å². The lowest BCUT2D eigenvalue weighted by Gasteiger charge is -2.30. The minimum atomic E-state index is -0.433. The third-order valence-electron chi connectivity index (χ3n) is 3.95. The van der Waals surface area contributed by atoms with Gasteiger partial charge in [-0.3, -0.25) is 0 Å². The van der Waals surface area contributed by atoms with Crippen molar-refractivity contribution in [2.75, 3.05) is 0 Å². The maximum Gasteiger partial charge on any atom is 0.126 e. The molecule has 2 rings (SSSR count). The highest BCUT2D eigenvalue weighted by Crippen LogP contribution is 2.37. The molecule has 0 bridgehead atoms. The zero-order chi connectivity index (χ0) is 12.4. The van der Waals surface area contributed by atoms with E-state index in [2.05, 4.69) is 6.92 Å². The molecule has 17 heavy (non-hydrogen) atoms. The van der Waals surface area contributed by atoms with Crippen LogP contribution in [0.15, 0.2) is 18.2 Å². The van der Waals surface area contributed by atoms with Gasteiger partial charge in [0.25, 0.3) is 0 Å². The van der Waals surface area contributed by atoms with Crippen molar-refractivity contribution < 1.29 is 9.50 Å². The number of aliphatic hydroxyl groups is 1. The molecule has 1 aromatic rings. The quantitative estimate of drug-likeness (QED) is 0.823. The van der Waals surface area contributed by atoms with Crippen LogP contribution in [0.4, 0.5) is 4.39 Å². The van der Waals surface area contributed by atoms with Crippen LogP contribution in [0, 0.1) is 24.6 Å². The van der Waals surface area contributed by atoms with Crippen LogP contribution in [0.25, 0.3) is 0 Å². The Morgan fingerprint density at radius 1 is 1.35 bits per heavy atom. The summed E-state index contributed by atoms with van der Waals surface area (Å²) in [6.45, 7) is 3.99. The molecule has 1 saturated carbocycles. The van der Waals surface area contributed by atoms with Crippen LogP contribution in [0.2, 0.25) is 0 Å². The molecule has 1 aromatic carbocycles. The minimum absolute atomic E-state index is 0.196. The van der Waals surface area contributed by atoms with Crippen LogP contribution in [0.1, 0.15) is 49.8 Å². The van der Waals surface area contributed by atoms with Crippen molar-refractivity contribution in [1.82, 2.24) is 0 Å². The van der Waals surface area contributed by atoms with Gasteiger partial charge in [0.2, 0.25) is 0 Å². The van der Waals surface area contributed by atoms with Crippen LogP contribution in [-0.4, -0.2) is 5.11 Å². The lowest BCUT2D eigenvalue weighted by atomic mass is 9.78. The molecule has 1 fully saturated rings. The predicted octanol–water partition coefficient (Wildman–Crippen LogP) is 3.99. The number of aryl methyl sites for hydroxylation is 1. The summed E-state index contributed by atoms with van der Waals surface area (Å²) in [5, 5.41) is 10.4. The number of halogens is 1. The molecule has 0 heterocycles. The maximum atomic E-state index is 13.2. The van der Waals surface area contributed by atoms with E-state index in [1.165, 1.54) is 18.9 Å². The monoisotopic (exact) mass is 236 g/mol. The van der Waals surface area contributed by atoms with Crippen molar-refractivity contribution >= 4 is 0 Å². The van der Waals surface area contributed by atoms with Gasteiger partial charge in [-0.15, -0.1) is 0 Å². The molecule has 0 amide bonds. The SMILES string of the molecule is Cc1cc(C(O)C2CCCC(C)C2)ccc1F. The summed E-state index contributed by atoms with van der Waals surface area (Å²) in [7, 11) is 0. The predicted molar refractivity (Wildman–Crippen MR) is 67.2 cm³/mol. The average molecular weight is 236 g/mol. The summed E-state index contributed by atoms with van der Waals surface area (Å²) >= 11 is 0. The first kappa shape index (κ1) is 12.6. The molecule has 1 nitrogen and oxygen atoms in total. The maximum absolute atomic E-state index is 13.2. The Bertz CT molecular complexity index is 389. The van der Waals surface area contributed by atoms with Gasteiger partial charge in [0.15, 0.2) is 0 Å². The standard InChI is InChI=1S/C15H21FO/c1-10-4-3-5-12(8-10)15(17)13-6-7-14(16)11(2)9-13/h6-7,9-10,12,15,17H,3-5,8H2,1-2H3. The first-order valence-electron chi connectivity index (χ1n) is 6.52. The molecule has 0 saturated heterocycles. The average Bonchev–Trinajstić information content (AvgIpc) is 2.32. The molecular formula is C15H21FO. The summed E-state index contributed by atoms with van der Waals surface area (Å²) in [6.07, 6.45) is 4.20. The molecule has 0 aromatic heterocycles. The van der Waals surface area contributed by atoms with Gasteiger partial charge in [-0.05, 0) is 48.8 Å². The number of hydrogen-bond acceptors (Lipinski definition) is 1. The highest BCUT2D eigenvalue weighted by molar-refractivity contribution is 5.26. The first-order chi connectivity index (χ1) is 8.08. The van der Waals surface area contributed by atoms with Crippen molar-refractivity contribution in [2.24, 2.45) is 11.8 Å². The molecule has 0 spiro atoms. The van der Waals surface area contributed by atoms with Crippen molar-refractivity contribution in [2.45, 2.75) is 45.6 Å². The second-order valence-corrected chi connectivity index (χ2v) is 5.49. The molecule has 1 aliphatic carbocycles. The zero-order valence-corrected chi connectivity index (χ0v) is 10.6. The lowest BCUT2D eigenvalue weighted by Crippen LogP contribution is -2.20. The minimum Gasteiger partial charge on any atom is -0.388 e. The lowest BCUT2D eigenvalue weighted by molar-refractivity contribution is 0.0713. The van der Waals surface area contributed by atoms with Gasteiger partial charge in [0.05, 0.1) is 6.10 Å². The summed E-state index contributed by atoms with van der Waals surface area (Å²) in [5.74, 6) is 0.839. The fourth-order valence-electron chi connectivity index (χ4n) is 2.89. The van der Waals surface area contributed by atoms with Crippen molar-refractivity contribution in [3.63, 3.8) is 0 Å². The first-order valence-corrected chi connectivity index (χ1v) is 6.52. The Morgan fingerprint density at radius 2 is 2.12 bits per heavy atom. The van der Waals surface area contributed by atoms with E-state index in [0.717, 1.165) is 18.4 Å². The van der Waals surface area contributed by atoms with Crippen LogP contribution >= 0.6 is 0 Å². The summed E-state index contributed by atoms with van der Waals surface area (Å²) in [6, 6.07) is 4.95. The molecule has 0 aliphatic heterocycles. The van der Waals surface area contributed by atoms with E-state index in [-0.39, 0.29) is 5.82 Å². The van der Waals surface area contributed by atoms with Crippen LogP contribution in [0.5, 0.6) is 0 Å². The van der Waals surface area contributed by atoms with E-state index < -0.39 is 6.10 Å². The Kier molecular flexibility index (Phi) is 3.82. The summed E-state index contributed by atoms with van der Waals surface area (Å²) < 4.78 is 13.2. The fourth-order valence-corrected chi connectivity index (χ4v) is 2.89. The van der Waals surface area contributed by atoms with Crippen molar-refractivity contribution in [3.8, 4) is 0 Å². The van der Waals surface area contributed by atoms with Crippen molar-refractivity contribution in [1.29, 1.82) is 0 Å². The summed E-state index contributed by atoms with van der Waals surface area (Å²) in [4.78, 5) is 0. The van der Waals surface area contributed by atoms with E-state index >= 15 is 0 Å². The largest absolute Gasteiger partial charge is 0.388 e. The van der Waals surface area contributed by atoms with E-state index in [1.54, 1.807) is 19.1 Å². The second kappa shape index (κ2) is 5.18. The third kappa shape index (κ3) is 2.86. The van der Waals surface area contributed by atoms with Crippen LogP contribution in [0.3, 0.4) is 0 Å². The molecule has 94 valence electrons. The van der Waals surface area contributed by atoms with E-state index in [4.69, 9.17) is 0 Å². The number of aliphatic hydroxyl groups excluding tert-OH is 1. The molecule has 1 N–H and O–H groups in total. The summed E-state index contributed by atoms with van der Waals surface area (Å²) in [5.41, 5.74) is 1.48. The number of rotatable bonds is 2. The van der Waals surface area contributed by atoms with E-state index in [0.29, 0.717) is 17.4 Å². The molecule has 0 radical (unpaired) electrons. The fraction of sp³-hybridized carbons (Fsp3) is 0.600. The second-order valence-electron chi connectivity index (χ2n) is 5.49. The number of benzene rings is 1. The van der Waals surface area contributed by atoms with Crippen molar-refractivity contribution in [3.05, 3.63) is 35.1 Å². The molecular weight excluding hydrogens is 215 g/mol. The van der Waals surface area contributed by atoms with Gasteiger partial charge in [0.1, 0.15) is 5.82 Å².